The molecular formula is C25H35BrN4O6S. The topological polar surface area (TPSA) is 116 Å². The Balaban J connectivity index is 1.42. The minimum atomic E-state index is -3.88. The van der Waals surface area contributed by atoms with Crippen LogP contribution >= 0.6 is 15.9 Å². The van der Waals surface area contributed by atoms with E-state index in [1.165, 1.54) is 4.31 Å². The van der Waals surface area contributed by atoms with Crippen molar-refractivity contribution < 1.29 is 27.5 Å². The van der Waals surface area contributed by atoms with Crippen LogP contribution in [0.1, 0.15) is 51.5 Å². The number of carbonyl (C=O) groups is 3. The molecule has 3 heterocycles. The summed E-state index contributed by atoms with van der Waals surface area (Å²) in [6.45, 7) is 5.90. The van der Waals surface area contributed by atoms with Gasteiger partial charge in [0.25, 0.3) is 0 Å². The van der Waals surface area contributed by atoms with E-state index in [0.29, 0.717) is 81.5 Å². The lowest BCUT2D eigenvalue weighted by atomic mass is 9.97. The summed E-state index contributed by atoms with van der Waals surface area (Å²) < 4.78 is 34.3. The van der Waals surface area contributed by atoms with Crippen LogP contribution in [0.5, 0.6) is 0 Å². The molecule has 10 nitrogen and oxygen atoms in total. The molecule has 2 fully saturated rings. The van der Waals surface area contributed by atoms with E-state index in [-0.39, 0.29) is 35.4 Å². The number of rotatable bonds is 6. The Labute approximate surface area is 226 Å². The normalized spacial score (nSPS) is 21.0. The van der Waals surface area contributed by atoms with E-state index in [2.05, 4.69) is 21.2 Å². The predicted octanol–water partition coefficient (Wildman–Crippen LogP) is 2.89. The summed E-state index contributed by atoms with van der Waals surface area (Å²) in [7, 11) is -3.88. The number of amides is 3. The maximum absolute atomic E-state index is 13.7. The van der Waals surface area contributed by atoms with E-state index in [1.54, 1.807) is 35.8 Å². The zero-order chi connectivity index (χ0) is 26.7. The summed E-state index contributed by atoms with van der Waals surface area (Å²) in [5.41, 5.74) is 1.59. The molecule has 3 amide bonds. The number of piperidine rings is 2. The molecule has 2 saturated heterocycles. The van der Waals surface area contributed by atoms with E-state index in [4.69, 9.17) is 4.74 Å². The first-order valence-electron chi connectivity index (χ1n) is 13.0. The molecule has 3 aliphatic rings. The lowest BCUT2D eigenvalue weighted by Crippen LogP contribution is -2.50. The number of hydrogen-bond acceptors (Lipinski definition) is 6. The van der Waals surface area contributed by atoms with Crippen molar-refractivity contribution in [2.75, 3.05) is 44.2 Å². The number of nitrogens with zero attached hydrogens (tertiary/aromatic N) is 3. The summed E-state index contributed by atoms with van der Waals surface area (Å²) in [5, 5.41) is 3.07. The molecule has 4 rings (SSSR count). The minimum absolute atomic E-state index is 0.0350. The lowest BCUT2D eigenvalue weighted by molar-refractivity contribution is -0.127. The average molecular weight is 600 g/mol. The van der Waals surface area contributed by atoms with E-state index in [0.717, 1.165) is 5.56 Å². The predicted molar refractivity (Wildman–Crippen MR) is 142 cm³/mol. The highest BCUT2D eigenvalue weighted by atomic mass is 79.9. The van der Waals surface area contributed by atoms with E-state index >= 15 is 0 Å². The lowest BCUT2D eigenvalue weighted by Gasteiger charge is -2.35. The summed E-state index contributed by atoms with van der Waals surface area (Å²) in [6.07, 6.45) is 3.17. The Bertz CT molecular complexity index is 1150. The quantitative estimate of drug-likeness (QED) is 0.538. The van der Waals surface area contributed by atoms with Gasteiger partial charge in [-0.05, 0) is 72.7 Å². The van der Waals surface area contributed by atoms with Crippen molar-refractivity contribution in [3.8, 4) is 0 Å². The summed E-state index contributed by atoms with van der Waals surface area (Å²) >= 11 is 3.44. The van der Waals surface area contributed by atoms with Gasteiger partial charge in [-0.25, -0.2) is 13.2 Å². The third kappa shape index (κ3) is 5.96. The van der Waals surface area contributed by atoms with Gasteiger partial charge < -0.3 is 19.9 Å². The molecule has 0 bridgehead atoms. The molecule has 12 heteroatoms. The molecule has 204 valence electrons. The number of carbonyl (C=O) groups excluding carboxylic acids is 3. The molecule has 0 radical (unpaired) electrons. The second-order valence-corrected chi connectivity index (χ2v) is 12.5. The number of sulfonamides is 1. The number of fused-ring (bicyclic) bond motifs is 1. The molecule has 1 atom stereocenters. The largest absolute Gasteiger partial charge is 0.450 e. The number of benzene rings is 1. The highest BCUT2D eigenvalue weighted by Crippen LogP contribution is 2.37. The minimum Gasteiger partial charge on any atom is -0.450 e. The van der Waals surface area contributed by atoms with Crippen molar-refractivity contribution in [1.29, 1.82) is 0 Å². The molecule has 1 aromatic rings. The van der Waals surface area contributed by atoms with Crippen molar-refractivity contribution in [1.82, 2.24) is 14.5 Å². The third-order valence-electron chi connectivity index (χ3n) is 7.37. The second kappa shape index (κ2) is 11.7. The van der Waals surface area contributed by atoms with Crippen LogP contribution in [0.2, 0.25) is 0 Å². The standard InChI is InChI=1S/C25H35BrN4O6S/c1-3-23(31)30-13-7-17-14-20(26)22(15-21(17)30)37(34,35)29-10-5-6-18(16-29)24(32)27-19-8-11-28(12-9-19)25(33)36-4-2/h14-15,18-19H,3-13,16H2,1-2H3,(H,27,32). The Kier molecular flexibility index (Phi) is 8.80. The van der Waals surface area contributed by atoms with E-state index in [1.807, 2.05) is 0 Å². The van der Waals surface area contributed by atoms with Crippen LogP contribution in [0, 0.1) is 5.92 Å². The number of likely N-dealkylation sites (tertiary alicyclic amines) is 1. The van der Waals surface area contributed by atoms with Crippen LogP contribution in [-0.4, -0.2) is 80.9 Å². The van der Waals surface area contributed by atoms with Crippen LogP contribution in [0.3, 0.4) is 0 Å². The van der Waals surface area contributed by atoms with Crippen LogP contribution in [-0.2, 0) is 30.8 Å². The molecule has 0 aromatic heterocycles. The smallest absolute Gasteiger partial charge is 0.409 e. The number of nitrogens with one attached hydrogen (secondary N) is 1. The van der Waals surface area contributed by atoms with Gasteiger partial charge in [0.2, 0.25) is 21.8 Å². The Morgan fingerprint density at radius 2 is 1.81 bits per heavy atom. The van der Waals surface area contributed by atoms with Crippen molar-refractivity contribution in [3.05, 3.63) is 22.2 Å². The fraction of sp³-hybridized carbons (Fsp3) is 0.640. The molecule has 0 spiro atoms. The SMILES string of the molecule is CCOC(=O)N1CCC(NC(=O)C2CCCN(S(=O)(=O)c3cc4c(cc3Br)CCN4C(=O)CC)C2)CC1. The molecule has 1 N–H and O–H groups in total. The zero-order valence-corrected chi connectivity index (χ0v) is 23.8. The molecule has 1 unspecified atom stereocenters. The molecule has 1 aromatic carbocycles. The van der Waals surface area contributed by atoms with Gasteiger partial charge in [0, 0.05) is 55.3 Å². The molecule has 0 saturated carbocycles. The number of ether oxygens (including phenoxy) is 1. The monoisotopic (exact) mass is 598 g/mol. The van der Waals surface area contributed by atoms with Gasteiger partial charge >= 0.3 is 6.09 Å². The van der Waals surface area contributed by atoms with Crippen molar-refractivity contribution in [3.63, 3.8) is 0 Å². The maximum Gasteiger partial charge on any atom is 0.409 e. The van der Waals surface area contributed by atoms with Gasteiger partial charge in [-0.1, -0.05) is 6.92 Å². The summed E-state index contributed by atoms with van der Waals surface area (Å²) in [6, 6.07) is 3.33. The van der Waals surface area contributed by atoms with E-state index in [9.17, 15) is 22.8 Å². The highest BCUT2D eigenvalue weighted by Gasteiger charge is 2.37. The van der Waals surface area contributed by atoms with Crippen LogP contribution in [0.4, 0.5) is 10.5 Å². The average Bonchev–Trinajstić information content (AvgIpc) is 3.31. The Morgan fingerprint density at radius 3 is 2.49 bits per heavy atom. The van der Waals surface area contributed by atoms with Crippen molar-refractivity contribution >= 4 is 49.5 Å². The van der Waals surface area contributed by atoms with Crippen molar-refractivity contribution in [2.24, 2.45) is 5.92 Å². The number of halogens is 1. The number of hydrogen-bond donors (Lipinski definition) is 1. The van der Waals surface area contributed by atoms with Gasteiger partial charge in [-0.2, -0.15) is 4.31 Å². The summed E-state index contributed by atoms with van der Waals surface area (Å²) in [4.78, 5) is 40.8. The van der Waals surface area contributed by atoms with Gasteiger partial charge in [0.05, 0.1) is 17.4 Å². The molecular weight excluding hydrogens is 564 g/mol. The summed E-state index contributed by atoms with van der Waals surface area (Å²) in [5.74, 6) is -0.632. The number of anilines is 1. The molecule has 3 aliphatic heterocycles. The fourth-order valence-electron chi connectivity index (χ4n) is 5.29. The molecule has 0 aliphatic carbocycles. The fourth-order valence-corrected chi connectivity index (χ4v) is 7.88. The van der Waals surface area contributed by atoms with Crippen molar-refractivity contribution in [2.45, 2.75) is 63.3 Å². The Hall–Kier alpha value is -2.18. The van der Waals surface area contributed by atoms with Gasteiger partial charge in [-0.3, -0.25) is 9.59 Å². The van der Waals surface area contributed by atoms with Gasteiger partial charge in [0.1, 0.15) is 0 Å². The first kappa shape index (κ1) is 27.8. The van der Waals surface area contributed by atoms with Crippen LogP contribution in [0.15, 0.2) is 21.5 Å². The third-order valence-corrected chi connectivity index (χ3v) is 10.2. The molecule has 37 heavy (non-hydrogen) atoms. The highest BCUT2D eigenvalue weighted by molar-refractivity contribution is 9.10. The van der Waals surface area contributed by atoms with Gasteiger partial charge in [-0.15, -0.1) is 0 Å². The first-order valence-corrected chi connectivity index (χ1v) is 15.2. The van der Waals surface area contributed by atoms with Gasteiger partial charge in [0.15, 0.2) is 0 Å². The first-order chi connectivity index (χ1) is 17.6. The van der Waals surface area contributed by atoms with E-state index < -0.39 is 15.9 Å². The Morgan fingerprint density at radius 1 is 1.08 bits per heavy atom. The second-order valence-electron chi connectivity index (χ2n) is 9.73. The van der Waals surface area contributed by atoms with Crippen LogP contribution in [0.25, 0.3) is 0 Å². The van der Waals surface area contributed by atoms with Crippen LogP contribution < -0.4 is 10.2 Å². The maximum atomic E-state index is 13.7. The zero-order valence-electron chi connectivity index (χ0n) is 21.4.